The number of hydrogen-bond donors (Lipinski definition) is 0. The maximum atomic E-state index is 6.59. The number of nitrogens with zero attached hydrogens (tertiary/aromatic N) is 2. The number of methoxy groups -OCH3 is 1. The maximum Gasteiger partial charge on any atom is 0.214 e. The van der Waals surface area contributed by atoms with Crippen molar-refractivity contribution in [1.82, 2.24) is 5.01 Å². The molecular weight excluding hydrogens is 596 g/mol. The number of hydrogen-bond acceptors (Lipinski definition) is 5. The first-order chi connectivity index (χ1) is 17.0. The average molecular weight is 621 g/mol. The molecule has 0 fully saturated rings. The third-order valence-corrected chi connectivity index (χ3v) is 7.51. The third-order valence-electron chi connectivity index (χ3n) is 6.21. The molecule has 2 aliphatic rings. The van der Waals surface area contributed by atoms with Crippen molar-refractivity contribution in [2.24, 2.45) is 5.10 Å². The van der Waals surface area contributed by atoms with Crippen molar-refractivity contribution < 1.29 is 14.2 Å². The van der Waals surface area contributed by atoms with Gasteiger partial charge in [-0.1, -0.05) is 53.0 Å². The SMILES string of the molecule is CCCCOc1ccc([C@H]2Oc3c(Br)cc(Br)cc3[C@@H]3CC(c4ccc(Cl)cc4)=NN23)cc1OC. The molecule has 8 heteroatoms. The van der Waals surface area contributed by atoms with Crippen LogP contribution in [0.4, 0.5) is 0 Å². The highest BCUT2D eigenvalue weighted by Crippen LogP contribution is 2.51. The molecule has 0 aromatic heterocycles. The van der Waals surface area contributed by atoms with Crippen molar-refractivity contribution in [3.05, 3.63) is 85.3 Å². The Kier molecular flexibility index (Phi) is 7.28. The van der Waals surface area contributed by atoms with Crippen LogP contribution in [0.15, 0.2) is 68.6 Å². The van der Waals surface area contributed by atoms with Crippen LogP contribution < -0.4 is 14.2 Å². The molecule has 35 heavy (non-hydrogen) atoms. The number of fused-ring (bicyclic) bond motifs is 3. The molecule has 0 saturated carbocycles. The molecule has 0 unspecified atom stereocenters. The van der Waals surface area contributed by atoms with Gasteiger partial charge in [0, 0.05) is 27.0 Å². The summed E-state index contributed by atoms with van der Waals surface area (Å²) in [7, 11) is 1.66. The van der Waals surface area contributed by atoms with Crippen molar-refractivity contribution in [2.45, 2.75) is 38.5 Å². The summed E-state index contributed by atoms with van der Waals surface area (Å²) in [5.74, 6) is 2.24. The lowest BCUT2D eigenvalue weighted by atomic mass is 9.96. The zero-order valence-electron chi connectivity index (χ0n) is 19.4. The molecule has 0 saturated heterocycles. The Bertz CT molecular complexity index is 1270. The molecule has 0 N–H and O–H groups in total. The van der Waals surface area contributed by atoms with E-state index in [0.717, 1.165) is 62.1 Å². The molecule has 0 radical (unpaired) electrons. The van der Waals surface area contributed by atoms with Crippen LogP contribution in [0.3, 0.4) is 0 Å². The van der Waals surface area contributed by atoms with Gasteiger partial charge in [0.2, 0.25) is 6.23 Å². The largest absolute Gasteiger partial charge is 0.493 e. The van der Waals surface area contributed by atoms with E-state index in [-0.39, 0.29) is 6.04 Å². The van der Waals surface area contributed by atoms with Gasteiger partial charge < -0.3 is 14.2 Å². The predicted octanol–water partition coefficient (Wildman–Crippen LogP) is 8.29. The third kappa shape index (κ3) is 4.91. The molecule has 5 rings (SSSR count). The van der Waals surface area contributed by atoms with Crippen LogP contribution in [0.25, 0.3) is 0 Å². The minimum absolute atomic E-state index is 0.0229. The van der Waals surface area contributed by atoms with Crippen LogP contribution in [0.1, 0.15) is 55.1 Å². The van der Waals surface area contributed by atoms with Crippen molar-refractivity contribution in [3.63, 3.8) is 0 Å². The van der Waals surface area contributed by atoms with Crippen molar-refractivity contribution in [3.8, 4) is 17.2 Å². The maximum absolute atomic E-state index is 6.59. The minimum Gasteiger partial charge on any atom is -0.493 e. The number of rotatable bonds is 7. The van der Waals surface area contributed by atoms with Gasteiger partial charge in [0.15, 0.2) is 11.5 Å². The first-order valence-corrected chi connectivity index (χ1v) is 13.5. The highest BCUT2D eigenvalue weighted by molar-refractivity contribution is 9.11. The number of hydrazone groups is 1. The van der Waals surface area contributed by atoms with Gasteiger partial charge in [-0.2, -0.15) is 5.10 Å². The summed E-state index contributed by atoms with van der Waals surface area (Å²) in [5.41, 5.74) is 4.07. The fraction of sp³-hybridized carbons (Fsp3) is 0.296. The zero-order chi connectivity index (χ0) is 24.5. The molecule has 2 heterocycles. The molecule has 2 atom stereocenters. The molecular formula is C27H25Br2ClN2O3. The van der Waals surface area contributed by atoms with Crippen molar-refractivity contribution >= 4 is 49.2 Å². The normalized spacial score (nSPS) is 18.4. The molecule has 0 aliphatic carbocycles. The summed E-state index contributed by atoms with van der Waals surface area (Å²) in [6.07, 6.45) is 2.40. The van der Waals surface area contributed by atoms with E-state index in [2.05, 4.69) is 49.9 Å². The Morgan fingerprint density at radius 1 is 1.09 bits per heavy atom. The highest BCUT2D eigenvalue weighted by atomic mass is 79.9. The fourth-order valence-corrected chi connectivity index (χ4v) is 5.91. The summed E-state index contributed by atoms with van der Waals surface area (Å²) in [6.45, 7) is 2.80. The van der Waals surface area contributed by atoms with Gasteiger partial charge >= 0.3 is 0 Å². The van der Waals surface area contributed by atoms with Gasteiger partial charge in [0.1, 0.15) is 5.75 Å². The van der Waals surface area contributed by atoms with E-state index in [1.165, 1.54) is 0 Å². The fourth-order valence-electron chi connectivity index (χ4n) is 4.43. The molecule has 182 valence electrons. The quantitative estimate of drug-likeness (QED) is 0.249. The van der Waals surface area contributed by atoms with Gasteiger partial charge in [0.25, 0.3) is 0 Å². The average Bonchev–Trinajstić information content (AvgIpc) is 3.30. The molecule has 0 bridgehead atoms. The summed E-state index contributed by atoms with van der Waals surface area (Å²) >= 11 is 13.5. The second-order valence-corrected chi connectivity index (χ2v) is 10.7. The summed E-state index contributed by atoms with van der Waals surface area (Å²) in [5, 5.41) is 7.80. The first-order valence-electron chi connectivity index (χ1n) is 11.6. The monoisotopic (exact) mass is 618 g/mol. The van der Waals surface area contributed by atoms with E-state index in [4.69, 9.17) is 30.9 Å². The second-order valence-electron chi connectivity index (χ2n) is 8.54. The summed E-state index contributed by atoms with van der Waals surface area (Å²) in [4.78, 5) is 0. The van der Waals surface area contributed by atoms with E-state index >= 15 is 0 Å². The topological polar surface area (TPSA) is 43.3 Å². The van der Waals surface area contributed by atoms with Gasteiger partial charge in [-0.05, 0) is 70.4 Å². The lowest BCUT2D eigenvalue weighted by Gasteiger charge is -2.38. The van der Waals surface area contributed by atoms with E-state index in [1.54, 1.807) is 7.11 Å². The smallest absolute Gasteiger partial charge is 0.214 e. The van der Waals surface area contributed by atoms with Gasteiger partial charge in [-0.3, -0.25) is 0 Å². The van der Waals surface area contributed by atoms with E-state index in [9.17, 15) is 0 Å². The van der Waals surface area contributed by atoms with E-state index in [1.807, 2.05) is 48.5 Å². The molecule has 3 aromatic carbocycles. The van der Waals surface area contributed by atoms with Gasteiger partial charge in [-0.15, -0.1) is 0 Å². The summed E-state index contributed by atoms with van der Waals surface area (Å²) in [6, 6.07) is 17.9. The Labute approximate surface area is 227 Å². The zero-order valence-corrected chi connectivity index (χ0v) is 23.4. The number of halogens is 3. The predicted molar refractivity (Wildman–Crippen MR) is 146 cm³/mol. The minimum atomic E-state index is -0.423. The molecule has 3 aromatic rings. The van der Waals surface area contributed by atoms with Gasteiger partial charge in [0.05, 0.1) is 29.9 Å². The van der Waals surface area contributed by atoms with Crippen LogP contribution in [0.2, 0.25) is 5.02 Å². The van der Waals surface area contributed by atoms with E-state index in [0.29, 0.717) is 17.4 Å². The Morgan fingerprint density at radius 2 is 1.89 bits per heavy atom. The standard InChI is InChI=1S/C27H25Br2ClN2O3/c1-3-4-11-34-24-10-7-17(12-25(24)33-2)27-32-23(20-13-18(28)14-21(29)26(20)35-27)15-22(31-32)16-5-8-19(30)9-6-16/h5-10,12-14,23,27H,3-4,11,15H2,1-2H3/t23-,27+/m0/s1. The van der Waals surface area contributed by atoms with Crippen LogP contribution in [0, 0.1) is 0 Å². The van der Waals surface area contributed by atoms with Crippen LogP contribution in [-0.4, -0.2) is 24.4 Å². The second kappa shape index (κ2) is 10.4. The number of benzene rings is 3. The molecule has 2 aliphatic heterocycles. The molecule has 5 nitrogen and oxygen atoms in total. The first kappa shape index (κ1) is 24.5. The Morgan fingerprint density at radius 3 is 2.63 bits per heavy atom. The van der Waals surface area contributed by atoms with Gasteiger partial charge in [-0.25, -0.2) is 5.01 Å². The lowest BCUT2D eigenvalue weighted by molar-refractivity contribution is -0.0198. The highest BCUT2D eigenvalue weighted by Gasteiger charge is 2.42. The molecule has 0 spiro atoms. The lowest BCUT2D eigenvalue weighted by Crippen LogP contribution is -2.34. The number of ether oxygens (including phenoxy) is 3. The number of unbranched alkanes of at least 4 members (excludes halogenated alkanes) is 1. The van der Waals surface area contributed by atoms with Crippen molar-refractivity contribution in [2.75, 3.05) is 13.7 Å². The van der Waals surface area contributed by atoms with Crippen LogP contribution in [-0.2, 0) is 0 Å². The Hall–Kier alpha value is -2.22. The van der Waals surface area contributed by atoms with Crippen molar-refractivity contribution in [1.29, 1.82) is 0 Å². The van der Waals surface area contributed by atoms with Crippen LogP contribution >= 0.6 is 43.5 Å². The van der Waals surface area contributed by atoms with E-state index < -0.39 is 6.23 Å². The van der Waals surface area contributed by atoms with Crippen LogP contribution in [0.5, 0.6) is 17.2 Å². The summed E-state index contributed by atoms with van der Waals surface area (Å²) < 4.78 is 20.1. The molecule has 0 amide bonds. The Balaban J connectivity index is 1.55.